The Balaban J connectivity index is 2.36. The summed E-state index contributed by atoms with van der Waals surface area (Å²) in [6, 6.07) is 1.74. The van der Waals surface area contributed by atoms with Gasteiger partial charge in [0.1, 0.15) is 18.2 Å². The summed E-state index contributed by atoms with van der Waals surface area (Å²) in [5.41, 5.74) is 8.23. The SMILES string of the molecule is CCc1cc(C(N)c2ncnn2CC)n(C)n1. The summed E-state index contributed by atoms with van der Waals surface area (Å²) in [7, 11) is 1.90. The Hall–Kier alpha value is -1.69. The molecular weight excluding hydrogens is 216 g/mol. The van der Waals surface area contributed by atoms with Gasteiger partial charge in [-0.2, -0.15) is 10.2 Å². The molecule has 0 aliphatic heterocycles. The number of rotatable bonds is 4. The number of hydrogen-bond donors (Lipinski definition) is 1. The fourth-order valence-corrected chi connectivity index (χ4v) is 1.90. The number of nitrogens with two attached hydrogens (primary N) is 1. The summed E-state index contributed by atoms with van der Waals surface area (Å²) in [6.07, 6.45) is 2.44. The normalized spacial score (nSPS) is 12.9. The molecule has 0 radical (unpaired) electrons. The first kappa shape index (κ1) is 11.8. The summed E-state index contributed by atoms with van der Waals surface area (Å²) < 4.78 is 3.63. The second-order valence-electron chi connectivity index (χ2n) is 3.95. The molecule has 2 rings (SSSR count). The van der Waals surface area contributed by atoms with Crippen molar-refractivity contribution >= 4 is 0 Å². The number of hydrogen-bond acceptors (Lipinski definition) is 4. The second-order valence-corrected chi connectivity index (χ2v) is 3.95. The molecular formula is C11H18N6. The fourth-order valence-electron chi connectivity index (χ4n) is 1.90. The molecule has 17 heavy (non-hydrogen) atoms. The summed E-state index contributed by atoms with van der Waals surface area (Å²) >= 11 is 0. The molecule has 2 heterocycles. The Bertz CT molecular complexity index is 498. The Morgan fingerprint density at radius 2 is 2.18 bits per heavy atom. The first-order chi connectivity index (χ1) is 8.17. The van der Waals surface area contributed by atoms with Gasteiger partial charge in [0.25, 0.3) is 0 Å². The van der Waals surface area contributed by atoms with Crippen LogP contribution in [0.5, 0.6) is 0 Å². The Morgan fingerprint density at radius 3 is 2.76 bits per heavy atom. The van der Waals surface area contributed by atoms with Gasteiger partial charge in [-0.3, -0.25) is 4.68 Å². The van der Waals surface area contributed by atoms with Crippen LogP contribution in [0.1, 0.15) is 37.1 Å². The zero-order valence-corrected chi connectivity index (χ0v) is 10.5. The molecule has 0 amide bonds. The van der Waals surface area contributed by atoms with E-state index in [1.807, 2.05) is 29.4 Å². The van der Waals surface area contributed by atoms with E-state index in [2.05, 4.69) is 22.1 Å². The van der Waals surface area contributed by atoms with E-state index in [4.69, 9.17) is 5.73 Å². The lowest BCUT2D eigenvalue weighted by molar-refractivity contribution is 0.568. The van der Waals surface area contributed by atoms with E-state index in [1.54, 1.807) is 0 Å². The molecule has 0 spiro atoms. The molecule has 92 valence electrons. The first-order valence-corrected chi connectivity index (χ1v) is 5.83. The largest absolute Gasteiger partial charge is 0.316 e. The molecule has 0 bridgehead atoms. The molecule has 6 nitrogen and oxygen atoms in total. The molecule has 0 saturated carbocycles. The van der Waals surface area contributed by atoms with Gasteiger partial charge in [-0.15, -0.1) is 0 Å². The maximum atomic E-state index is 6.22. The standard InChI is InChI=1S/C11H18N6/c1-4-8-6-9(16(3)15-8)10(12)11-13-7-14-17(11)5-2/h6-7,10H,4-5,12H2,1-3H3. The van der Waals surface area contributed by atoms with Crippen LogP contribution in [0.2, 0.25) is 0 Å². The van der Waals surface area contributed by atoms with Crippen LogP contribution in [0.15, 0.2) is 12.4 Å². The van der Waals surface area contributed by atoms with Crippen molar-refractivity contribution < 1.29 is 0 Å². The van der Waals surface area contributed by atoms with Crippen molar-refractivity contribution in [2.24, 2.45) is 12.8 Å². The van der Waals surface area contributed by atoms with Gasteiger partial charge in [-0.05, 0) is 19.4 Å². The lowest BCUT2D eigenvalue weighted by Gasteiger charge is -2.11. The predicted molar refractivity (Wildman–Crippen MR) is 64.3 cm³/mol. The third-order valence-electron chi connectivity index (χ3n) is 2.87. The van der Waals surface area contributed by atoms with E-state index >= 15 is 0 Å². The van der Waals surface area contributed by atoms with Crippen molar-refractivity contribution in [3.8, 4) is 0 Å². The van der Waals surface area contributed by atoms with Crippen molar-refractivity contribution in [2.75, 3.05) is 0 Å². The molecule has 2 aromatic heterocycles. The van der Waals surface area contributed by atoms with Gasteiger partial charge >= 0.3 is 0 Å². The van der Waals surface area contributed by atoms with Gasteiger partial charge < -0.3 is 5.73 Å². The minimum Gasteiger partial charge on any atom is -0.316 e. The van der Waals surface area contributed by atoms with Crippen LogP contribution in [0, 0.1) is 0 Å². The molecule has 2 N–H and O–H groups in total. The van der Waals surface area contributed by atoms with Gasteiger partial charge in [0.05, 0.1) is 11.4 Å². The smallest absolute Gasteiger partial charge is 0.149 e. The molecule has 6 heteroatoms. The van der Waals surface area contributed by atoms with Crippen molar-refractivity contribution in [3.05, 3.63) is 29.6 Å². The second kappa shape index (κ2) is 4.67. The van der Waals surface area contributed by atoms with Crippen LogP contribution in [0.3, 0.4) is 0 Å². The molecule has 0 fully saturated rings. The maximum absolute atomic E-state index is 6.22. The topological polar surface area (TPSA) is 74.5 Å². The van der Waals surface area contributed by atoms with Gasteiger partial charge in [0.15, 0.2) is 0 Å². The highest BCUT2D eigenvalue weighted by Crippen LogP contribution is 2.18. The summed E-state index contributed by atoms with van der Waals surface area (Å²) in [6.45, 7) is 4.86. The van der Waals surface area contributed by atoms with Crippen LogP contribution >= 0.6 is 0 Å². The molecule has 0 aliphatic rings. The van der Waals surface area contributed by atoms with Gasteiger partial charge in [0, 0.05) is 13.6 Å². The molecule has 1 atom stereocenters. The van der Waals surface area contributed by atoms with Crippen molar-refractivity contribution in [1.82, 2.24) is 24.5 Å². The lowest BCUT2D eigenvalue weighted by Crippen LogP contribution is -2.20. The Labute approximate surface area is 100 Å². The highest BCUT2D eigenvalue weighted by Gasteiger charge is 2.19. The van der Waals surface area contributed by atoms with E-state index in [9.17, 15) is 0 Å². The maximum Gasteiger partial charge on any atom is 0.149 e. The Kier molecular flexibility index (Phi) is 3.23. The van der Waals surface area contributed by atoms with Crippen LogP contribution in [-0.2, 0) is 20.0 Å². The third-order valence-corrected chi connectivity index (χ3v) is 2.87. The Morgan fingerprint density at radius 1 is 1.41 bits per heavy atom. The zero-order valence-electron chi connectivity index (χ0n) is 10.5. The molecule has 0 aliphatic carbocycles. The van der Waals surface area contributed by atoms with E-state index in [0.29, 0.717) is 0 Å². The van der Waals surface area contributed by atoms with Gasteiger partial charge in [0.2, 0.25) is 0 Å². The highest BCUT2D eigenvalue weighted by molar-refractivity contribution is 5.19. The van der Waals surface area contributed by atoms with E-state index in [-0.39, 0.29) is 6.04 Å². The first-order valence-electron chi connectivity index (χ1n) is 5.83. The van der Waals surface area contributed by atoms with Crippen LogP contribution < -0.4 is 5.73 Å². The highest BCUT2D eigenvalue weighted by atomic mass is 15.3. The van der Waals surface area contributed by atoms with Crippen LogP contribution in [0.25, 0.3) is 0 Å². The average molecular weight is 234 g/mol. The molecule has 0 saturated heterocycles. The monoisotopic (exact) mass is 234 g/mol. The number of aromatic nitrogens is 5. The molecule has 1 unspecified atom stereocenters. The third kappa shape index (κ3) is 2.08. The zero-order chi connectivity index (χ0) is 12.4. The van der Waals surface area contributed by atoms with E-state index in [1.165, 1.54) is 6.33 Å². The minimum absolute atomic E-state index is 0.282. The van der Waals surface area contributed by atoms with Crippen LogP contribution in [-0.4, -0.2) is 24.5 Å². The predicted octanol–water partition coefficient (Wildman–Crippen LogP) is 0.642. The number of nitrogens with zero attached hydrogens (tertiary/aromatic N) is 5. The number of aryl methyl sites for hydroxylation is 3. The van der Waals surface area contributed by atoms with E-state index in [0.717, 1.165) is 30.2 Å². The van der Waals surface area contributed by atoms with Crippen molar-refractivity contribution in [2.45, 2.75) is 32.9 Å². The fraction of sp³-hybridized carbons (Fsp3) is 0.545. The summed E-state index contributed by atoms with van der Waals surface area (Å²) in [5.74, 6) is 0.776. The van der Waals surface area contributed by atoms with E-state index < -0.39 is 0 Å². The average Bonchev–Trinajstić information content (AvgIpc) is 2.93. The summed E-state index contributed by atoms with van der Waals surface area (Å²) in [4.78, 5) is 4.23. The lowest BCUT2D eigenvalue weighted by atomic mass is 10.2. The van der Waals surface area contributed by atoms with Crippen molar-refractivity contribution in [3.63, 3.8) is 0 Å². The summed E-state index contributed by atoms with van der Waals surface area (Å²) in [5, 5.41) is 8.53. The van der Waals surface area contributed by atoms with Crippen molar-refractivity contribution in [1.29, 1.82) is 0 Å². The van der Waals surface area contributed by atoms with Gasteiger partial charge in [-0.1, -0.05) is 6.92 Å². The minimum atomic E-state index is -0.282. The molecule has 2 aromatic rings. The van der Waals surface area contributed by atoms with Gasteiger partial charge in [-0.25, -0.2) is 9.67 Å². The quantitative estimate of drug-likeness (QED) is 0.842. The van der Waals surface area contributed by atoms with Crippen LogP contribution in [0.4, 0.5) is 0 Å². The molecule has 0 aromatic carbocycles.